The molecule has 0 amide bonds. The van der Waals surface area contributed by atoms with E-state index in [4.69, 9.17) is 15.0 Å². The van der Waals surface area contributed by atoms with Crippen LogP contribution in [0.1, 0.15) is 50.2 Å². The predicted molar refractivity (Wildman–Crippen MR) is 209 cm³/mol. The number of aromatic nitrogens is 7. The number of hydrogen-bond acceptors (Lipinski definition) is 7. The molecule has 0 aliphatic heterocycles. The molecule has 4 heterocycles. The summed E-state index contributed by atoms with van der Waals surface area (Å²) in [6, 6.07) is 17.4. The Labute approximate surface area is 304 Å². The number of hydrogen-bond donors (Lipinski definition) is 2. The Bertz CT molecular complexity index is 2870. The molecule has 2 N–H and O–H groups in total. The molecule has 53 heavy (non-hydrogen) atoms. The van der Waals surface area contributed by atoms with Gasteiger partial charge in [0.15, 0.2) is 11.6 Å². The molecular formula is C44H35N7O2. The number of phenolic OH excluding ortho intramolecular Hbond substituents is 2. The van der Waals surface area contributed by atoms with Gasteiger partial charge in [0.25, 0.3) is 0 Å². The van der Waals surface area contributed by atoms with Gasteiger partial charge in [-0.1, -0.05) is 98.0 Å². The number of nitrogens with zero attached hydrogens (tertiary/aromatic N) is 7. The zero-order valence-corrected chi connectivity index (χ0v) is 29.1. The summed E-state index contributed by atoms with van der Waals surface area (Å²) in [7, 11) is 0. The lowest BCUT2D eigenvalue weighted by atomic mass is 10.00. The second kappa shape index (κ2) is 12.3. The second-order valence-electron chi connectivity index (χ2n) is 14.0. The monoisotopic (exact) mass is 693 g/mol. The number of para-hydroxylation sites is 1. The maximum absolute atomic E-state index is 10.6. The van der Waals surface area contributed by atoms with E-state index in [1.54, 1.807) is 18.5 Å². The summed E-state index contributed by atoms with van der Waals surface area (Å²) in [5.41, 5.74) is 4.91. The van der Waals surface area contributed by atoms with Gasteiger partial charge in [0, 0.05) is 32.9 Å². The van der Waals surface area contributed by atoms with E-state index in [0.717, 1.165) is 80.8 Å². The second-order valence-corrected chi connectivity index (χ2v) is 14.0. The Kier molecular flexibility index (Phi) is 7.21. The lowest BCUT2D eigenvalue weighted by molar-refractivity contribution is 0.453. The van der Waals surface area contributed by atoms with E-state index in [-0.39, 0.29) is 28.8 Å². The molecule has 3 aliphatic carbocycles. The topological polar surface area (TPSA) is 115 Å². The molecule has 0 bridgehead atoms. The van der Waals surface area contributed by atoms with Crippen LogP contribution in [-0.4, -0.2) is 44.3 Å². The fraction of sp³-hybridized carbons (Fsp3) is 0.159. The van der Waals surface area contributed by atoms with Crippen molar-refractivity contribution in [2.24, 2.45) is 5.92 Å². The van der Waals surface area contributed by atoms with Crippen molar-refractivity contribution >= 4 is 50.4 Å². The number of allylic oxidation sites excluding steroid dienone is 8. The van der Waals surface area contributed by atoms with Gasteiger partial charge in [0.1, 0.15) is 22.9 Å². The Balaban J connectivity index is 1.30. The third kappa shape index (κ3) is 5.03. The van der Waals surface area contributed by atoms with Gasteiger partial charge >= 0.3 is 0 Å². The minimum absolute atomic E-state index is 0.0347. The van der Waals surface area contributed by atoms with Gasteiger partial charge in [0.2, 0.25) is 5.95 Å². The first-order valence-electron chi connectivity index (χ1n) is 18.1. The molecule has 4 aromatic heterocycles. The van der Waals surface area contributed by atoms with Crippen LogP contribution in [0.15, 0.2) is 110 Å². The van der Waals surface area contributed by atoms with Gasteiger partial charge in [-0.15, -0.1) is 0 Å². The fourth-order valence-electron chi connectivity index (χ4n) is 8.02. The molecule has 0 radical (unpaired) electrons. The summed E-state index contributed by atoms with van der Waals surface area (Å²) in [6.07, 6.45) is 26.9. The van der Waals surface area contributed by atoms with E-state index in [2.05, 4.69) is 111 Å². The molecule has 0 spiro atoms. The Hall–Kier alpha value is -6.61. The zero-order chi connectivity index (χ0) is 35.6. The SMILES string of the molecule is CC1C=c2c(n(-c3nc(C4=CCCC=C4)nc(C4C=CC=CC4)n3)c3c2ccc2c4ccccc4n(-c4cnc(-c5c(O)cccc5O)nc4)c23)=CC1. The van der Waals surface area contributed by atoms with Gasteiger partial charge in [0.05, 0.1) is 40.0 Å². The molecule has 0 saturated carbocycles. The van der Waals surface area contributed by atoms with Gasteiger partial charge < -0.3 is 14.8 Å². The summed E-state index contributed by atoms with van der Waals surface area (Å²) in [5.74, 6) is 2.48. The Morgan fingerprint density at radius 1 is 0.717 bits per heavy atom. The van der Waals surface area contributed by atoms with Gasteiger partial charge in [-0.3, -0.25) is 4.57 Å². The van der Waals surface area contributed by atoms with Crippen LogP contribution < -0.4 is 10.6 Å². The van der Waals surface area contributed by atoms with Crippen LogP contribution >= 0.6 is 0 Å². The van der Waals surface area contributed by atoms with Crippen molar-refractivity contribution in [2.45, 2.75) is 38.5 Å². The minimum Gasteiger partial charge on any atom is -0.507 e. The van der Waals surface area contributed by atoms with Crippen molar-refractivity contribution in [1.82, 2.24) is 34.1 Å². The normalized spacial score (nSPS) is 17.9. The van der Waals surface area contributed by atoms with E-state index in [1.807, 2.05) is 6.07 Å². The van der Waals surface area contributed by atoms with Crippen molar-refractivity contribution in [3.05, 3.63) is 132 Å². The van der Waals surface area contributed by atoms with Crippen molar-refractivity contribution in [3.63, 3.8) is 0 Å². The first kappa shape index (κ1) is 31.2. The average molecular weight is 694 g/mol. The standard InChI is InChI=1S/C44H35N7O2/c1-26-19-22-35-33(23-26)32-21-20-31-30-15-8-9-16-34(30)50(29-24-45-43(46-25-29)38-36(52)17-10-18-37(38)53)39(31)40(32)51(35)44-48-41(27-11-4-2-5-12-27)47-42(49-44)28-13-6-3-7-14-28/h2,4-6,8-11,13-18,20-27,52-53H,3,7,12,19H2,1H3. The van der Waals surface area contributed by atoms with Crippen LogP contribution in [0.4, 0.5) is 0 Å². The van der Waals surface area contributed by atoms with Gasteiger partial charge in [-0.05, 0) is 49.8 Å². The van der Waals surface area contributed by atoms with E-state index in [9.17, 15) is 10.2 Å². The molecule has 9 nitrogen and oxygen atoms in total. The molecule has 2 atom stereocenters. The summed E-state index contributed by atoms with van der Waals surface area (Å²) < 4.78 is 4.45. The van der Waals surface area contributed by atoms with E-state index in [0.29, 0.717) is 17.7 Å². The lowest BCUT2D eigenvalue weighted by Crippen LogP contribution is -2.33. The summed E-state index contributed by atoms with van der Waals surface area (Å²) >= 11 is 0. The fourth-order valence-corrected chi connectivity index (χ4v) is 8.02. The molecule has 9 heteroatoms. The Morgan fingerprint density at radius 3 is 2.32 bits per heavy atom. The zero-order valence-electron chi connectivity index (χ0n) is 29.1. The molecule has 0 saturated heterocycles. The molecule has 3 aliphatic rings. The summed E-state index contributed by atoms with van der Waals surface area (Å²) in [4.78, 5) is 25.0. The predicted octanol–water partition coefficient (Wildman–Crippen LogP) is 7.71. The maximum Gasteiger partial charge on any atom is 0.238 e. The summed E-state index contributed by atoms with van der Waals surface area (Å²) in [6.45, 7) is 2.25. The summed E-state index contributed by atoms with van der Waals surface area (Å²) in [5, 5.41) is 26.6. The maximum atomic E-state index is 10.6. The van der Waals surface area contributed by atoms with Crippen LogP contribution in [0.25, 0.3) is 73.5 Å². The average Bonchev–Trinajstić information content (AvgIpc) is 3.71. The number of benzene rings is 3. The van der Waals surface area contributed by atoms with Crippen molar-refractivity contribution in [2.75, 3.05) is 0 Å². The van der Waals surface area contributed by atoms with Gasteiger partial charge in [-0.2, -0.15) is 9.97 Å². The number of aromatic hydroxyl groups is 2. The molecule has 0 fully saturated rings. The first-order chi connectivity index (χ1) is 26.0. The lowest BCUT2D eigenvalue weighted by Gasteiger charge is -2.17. The van der Waals surface area contributed by atoms with Crippen LogP contribution in [0.3, 0.4) is 0 Å². The number of phenols is 2. The van der Waals surface area contributed by atoms with Crippen molar-refractivity contribution < 1.29 is 10.2 Å². The Morgan fingerprint density at radius 2 is 1.53 bits per heavy atom. The molecule has 258 valence electrons. The highest BCUT2D eigenvalue weighted by Gasteiger charge is 2.25. The molecule has 3 aromatic carbocycles. The van der Waals surface area contributed by atoms with Crippen LogP contribution in [-0.2, 0) is 0 Å². The molecule has 2 unspecified atom stereocenters. The van der Waals surface area contributed by atoms with E-state index in [1.165, 1.54) is 17.4 Å². The van der Waals surface area contributed by atoms with Crippen LogP contribution in [0.5, 0.6) is 11.5 Å². The number of fused-ring (bicyclic) bond motifs is 7. The van der Waals surface area contributed by atoms with Crippen molar-refractivity contribution in [1.29, 1.82) is 0 Å². The van der Waals surface area contributed by atoms with Crippen molar-refractivity contribution in [3.8, 4) is 34.5 Å². The largest absolute Gasteiger partial charge is 0.507 e. The molecule has 7 aromatic rings. The quantitative estimate of drug-likeness (QED) is 0.190. The molecule has 10 rings (SSSR count). The first-order valence-corrected chi connectivity index (χ1v) is 18.1. The molecular weight excluding hydrogens is 659 g/mol. The third-order valence-electron chi connectivity index (χ3n) is 10.5. The number of rotatable bonds is 5. The highest BCUT2D eigenvalue weighted by molar-refractivity contribution is 6.18. The van der Waals surface area contributed by atoms with Crippen LogP contribution in [0, 0.1) is 5.92 Å². The highest BCUT2D eigenvalue weighted by atomic mass is 16.3. The smallest absolute Gasteiger partial charge is 0.238 e. The van der Waals surface area contributed by atoms with E-state index < -0.39 is 0 Å². The van der Waals surface area contributed by atoms with Crippen LogP contribution in [0.2, 0.25) is 0 Å². The minimum atomic E-state index is -0.0863. The third-order valence-corrected chi connectivity index (χ3v) is 10.5. The van der Waals surface area contributed by atoms with Gasteiger partial charge in [-0.25, -0.2) is 15.0 Å². The highest BCUT2D eigenvalue weighted by Crippen LogP contribution is 2.38. The van der Waals surface area contributed by atoms with E-state index >= 15 is 0 Å².